The summed E-state index contributed by atoms with van der Waals surface area (Å²) in [7, 11) is 0. The lowest BCUT2D eigenvalue weighted by Crippen LogP contribution is -2.49. The normalized spacial score (nSPS) is 17.2. The molecule has 4 aromatic rings. The van der Waals surface area contributed by atoms with E-state index in [4.69, 9.17) is 4.74 Å². The maximum atomic E-state index is 15.7. The van der Waals surface area contributed by atoms with Gasteiger partial charge in [-0.2, -0.15) is 0 Å². The minimum atomic E-state index is -1.05. The summed E-state index contributed by atoms with van der Waals surface area (Å²) in [6.07, 6.45) is 1.67. The van der Waals surface area contributed by atoms with E-state index >= 15 is 4.39 Å². The van der Waals surface area contributed by atoms with Crippen molar-refractivity contribution in [2.45, 2.75) is 64.1 Å². The van der Waals surface area contributed by atoms with Crippen LogP contribution in [0.4, 0.5) is 20.6 Å². The molecule has 0 radical (unpaired) electrons. The fourth-order valence-electron chi connectivity index (χ4n) is 6.22. The van der Waals surface area contributed by atoms with E-state index in [0.29, 0.717) is 65.8 Å². The average Bonchev–Trinajstić information content (AvgIpc) is 3.78. The van der Waals surface area contributed by atoms with Gasteiger partial charge in [0, 0.05) is 47.4 Å². The number of carbonyl (C=O) groups excluding carboxylic acids is 4. The van der Waals surface area contributed by atoms with Gasteiger partial charge in [-0.05, 0) is 75.9 Å². The van der Waals surface area contributed by atoms with Gasteiger partial charge in [-0.1, -0.05) is 42.5 Å². The maximum Gasteiger partial charge on any atom is 0.408 e. The van der Waals surface area contributed by atoms with Crippen molar-refractivity contribution < 1.29 is 28.3 Å². The third-order valence-electron chi connectivity index (χ3n) is 8.42. The first-order valence-corrected chi connectivity index (χ1v) is 15.9. The Bertz CT molecular complexity index is 1820. The lowest BCUT2D eigenvalue weighted by Gasteiger charge is -2.29. The monoisotopic (exact) mass is 639 g/mol. The number of anilines is 2. The number of ether oxygens (including phenoxy) is 1. The highest BCUT2D eigenvalue weighted by atomic mass is 19.1. The van der Waals surface area contributed by atoms with Gasteiger partial charge in [0.05, 0.1) is 5.69 Å². The number of alkyl carbamates (subject to hydrolysis) is 1. The Labute approximate surface area is 272 Å². The van der Waals surface area contributed by atoms with Gasteiger partial charge in [-0.3, -0.25) is 14.4 Å². The van der Waals surface area contributed by atoms with Crippen molar-refractivity contribution in [1.29, 1.82) is 0 Å². The van der Waals surface area contributed by atoms with Crippen molar-refractivity contribution in [3.8, 4) is 11.3 Å². The topological polar surface area (TPSA) is 124 Å². The zero-order valence-electron chi connectivity index (χ0n) is 26.6. The quantitative estimate of drug-likeness (QED) is 0.219. The number of hydrogen-bond donors (Lipinski definition) is 3. The van der Waals surface area contributed by atoms with Crippen LogP contribution in [0.15, 0.2) is 72.8 Å². The molecule has 2 saturated heterocycles. The van der Waals surface area contributed by atoms with E-state index in [1.165, 1.54) is 4.90 Å². The van der Waals surface area contributed by atoms with E-state index in [1.807, 2.05) is 18.2 Å². The van der Waals surface area contributed by atoms with Gasteiger partial charge >= 0.3 is 6.09 Å². The molecule has 2 aliphatic heterocycles. The molecule has 1 unspecified atom stereocenters. The van der Waals surface area contributed by atoms with E-state index in [0.717, 1.165) is 12.1 Å². The summed E-state index contributed by atoms with van der Waals surface area (Å²) in [6.45, 7) is 6.23. The molecule has 2 atom stereocenters. The molecule has 47 heavy (non-hydrogen) atoms. The number of fused-ring (bicyclic) bond motifs is 1. The van der Waals surface area contributed by atoms with Crippen LogP contribution >= 0.6 is 0 Å². The van der Waals surface area contributed by atoms with Gasteiger partial charge in [0.2, 0.25) is 11.8 Å². The first-order chi connectivity index (χ1) is 22.5. The number of amides is 4. The number of carbonyl (C=O) groups is 4. The lowest BCUT2D eigenvalue weighted by atomic mass is 10.0. The first-order valence-electron chi connectivity index (χ1n) is 15.9. The Hall–Kier alpha value is -5.19. The fourth-order valence-corrected chi connectivity index (χ4v) is 6.22. The summed E-state index contributed by atoms with van der Waals surface area (Å²) in [4.78, 5) is 58.6. The molecule has 3 N–H and O–H groups in total. The Kier molecular flexibility index (Phi) is 8.72. The van der Waals surface area contributed by atoms with Crippen molar-refractivity contribution in [3.63, 3.8) is 0 Å². The molecule has 4 amide bonds. The van der Waals surface area contributed by atoms with Crippen molar-refractivity contribution in [2.24, 2.45) is 0 Å². The van der Waals surface area contributed by atoms with Gasteiger partial charge in [0.1, 0.15) is 17.7 Å². The van der Waals surface area contributed by atoms with Crippen molar-refractivity contribution in [3.05, 3.63) is 84.2 Å². The summed E-state index contributed by atoms with van der Waals surface area (Å²) in [5.74, 6) is -1.19. The molecular weight excluding hydrogens is 601 g/mol. The number of hydrogen-bond acceptors (Lipinski definition) is 5. The number of nitrogens with zero attached hydrogens (tertiary/aromatic N) is 2. The van der Waals surface area contributed by atoms with Crippen molar-refractivity contribution in [1.82, 2.24) is 15.2 Å². The van der Waals surface area contributed by atoms with Crippen LogP contribution < -0.4 is 15.5 Å². The second-order valence-corrected chi connectivity index (χ2v) is 12.9. The number of rotatable bonds is 7. The second-order valence-electron chi connectivity index (χ2n) is 12.9. The third-order valence-corrected chi connectivity index (χ3v) is 8.42. The van der Waals surface area contributed by atoms with Crippen LogP contribution in [0, 0.1) is 5.82 Å². The predicted octanol–water partition coefficient (Wildman–Crippen LogP) is 6.30. The highest BCUT2D eigenvalue weighted by molar-refractivity contribution is 6.01. The van der Waals surface area contributed by atoms with Crippen LogP contribution in [0.3, 0.4) is 0 Å². The van der Waals surface area contributed by atoms with E-state index in [2.05, 4.69) is 15.6 Å². The average molecular weight is 640 g/mol. The number of H-pyrrole nitrogens is 1. The molecule has 10 nitrogen and oxygen atoms in total. The zero-order valence-corrected chi connectivity index (χ0v) is 26.6. The molecule has 0 saturated carbocycles. The minimum Gasteiger partial charge on any atom is -0.444 e. The SMILES string of the molecule is CC(C)(C)OC(=O)N[C@@H](C(=O)N1CCCC1C(=O)Nc1ccc2[nH]c(-c3ccc(N4CCCC4=O)cc3)c(F)c2c1)c1ccccc1. The molecule has 2 fully saturated rings. The molecule has 0 aliphatic carbocycles. The highest BCUT2D eigenvalue weighted by Crippen LogP contribution is 2.33. The van der Waals surface area contributed by atoms with Crippen LogP contribution in [-0.4, -0.2) is 58.4 Å². The third kappa shape index (κ3) is 6.84. The standard InChI is InChI=1S/C36H38FN5O5/c1-36(2,3)47-35(46)40-32(22-9-5-4-6-10-22)34(45)42-20-7-11-28(42)33(44)38-24-15-18-27-26(21-24)30(37)31(39-27)23-13-16-25(17-14-23)41-19-8-12-29(41)43/h4-6,9-10,13-18,21,28,32,39H,7-8,11-12,19-20H2,1-3H3,(H,38,44)(H,40,46)/t28?,32-/m1/s1. The molecule has 6 rings (SSSR count). The van der Waals surface area contributed by atoms with Gasteiger partial charge in [0.15, 0.2) is 5.82 Å². The maximum absolute atomic E-state index is 15.7. The number of aromatic nitrogens is 1. The van der Waals surface area contributed by atoms with Crippen molar-refractivity contribution in [2.75, 3.05) is 23.3 Å². The van der Waals surface area contributed by atoms with E-state index < -0.39 is 41.4 Å². The number of likely N-dealkylation sites (tertiary alicyclic amines) is 1. The molecular formula is C36H38FN5O5. The van der Waals surface area contributed by atoms with Gasteiger partial charge < -0.3 is 30.2 Å². The molecule has 2 aliphatic rings. The van der Waals surface area contributed by atoms with Crippen LogP contribution in [-0.2, 0) is 19.1 Å². The van der Waals surface area contributed by atoms with Gasteiger partial charge in [-0.15, -0.1) is 0 Å². The van der Waals surface area contributed by atoms with E-state index in [-0.39, 0.29) is 5.91 Å². The molecule has 3 heterocycles. The largest absolute Gasteiger partial charge is 0.444 e. The predicted molar refractivity (Wildman–Crippen MR) is 177 cm³/mol. The highest BCUT2D eigenvalue weighted by Gasteiger charge is 2.39. The molecule has 0 bridgehead atoms. The van der Waals surface area contributed by atoms with Gasteiger partial charge in [-0.25, -0.2) is 9.18 Å². The minimum absolute atomic E-state index is 0.0858. The number of aromatic amines is 1. The second kappa shape index (κ2) is 12.9. The molecule has 3 aromatic carbocycles. The summed E-state index contributed by atoms with van der Waals surface area (Å²) in [6, 6.07) is 19.1. The van der Waals surface area contributed by atoms with Crippen LogP contribution in [0.1, 0.15) is 58.1 Å². The molecule has 0 spiro atoms. The van der Waals surface area contributed by atoms with Crippen molar-refractivity contribution >= 4 is 46.1 Å². The molecule has 11 heteroatoms. The Balaban J connectivity index is 1.18. The molecule has 1 aromatic heterocycles. The molecule has 244 valence electrons. The fraction of sp³-hybridized carbons (Fsp3) is 0.333. The van der Waals surface area contributed by atoms with Gasteiger partial charge in [0.25, 0.3) is 5.91 Å². The summed E-state index contributed by atoms with van der Waals surface area (Å²) in [5, 5.41) is 5.87. The van der Waals surface area contributed by atoms with Crippen LogP contribution in [0.5, 0.6) is 0 Å². The summed E-state index contributed by atoms with van der Waals surface area (Å²) < 4.78 is 21.1. The smallest absolute Gasteiger partial charge is 0.408 e. The number of nitrogens with one attached hydrogen (secondary N) is 3. The number of benzene rings is 3. The Morgan fingerprint density at radius 3 is 2.40 bits per heavy atom. The zero-order chi connectivity index (χ0) is 33.3. The van der Waals surface area contributed by atoms with E-state index in [1.54, 1.807) is 80.3 Å². The van der Waals surface area contributed by atoms with Crippen LogP contribution in [0.25, 0.3) is 22.2 Å². The van der Waals surface area contributed by atoms with E-state index in [9.17, 15) is 19.2 Å². The number of halogens is 1. The summed E-state index contributed by atoms with van der Waals surface area (Å²) in [5.41, 5.74) is 2.48. The van der Waals surface area contributed by atoms with Crippen LogP contribution in [0.2, 0.25) is 0 Å². The Morgan fingerprint density at radius 1 is 0.979 bits per heavy atom. The Morgan fingerprint density at radius 2 is 1.72 bits per heavy atom. The first kappa shape index (κ1) is 31.8. The lowest BCUT2D eigenvalue weighted by molar-refractivity contribution is -0.138. The summed E-state index contributed by atoms with van der Waals surface area (Å²) >= 11 is 0.